The number of fused-ring (bicyclic) bond motifs is 4. The topological polar surface area (TPSA) is 8.17 Å². The first-order valence-electron chi connectivity index (χ1n) is 18.5. The van der Waals surface area contributed by atoms with Crippen LogP contribution in [0.4, 0.5) is 17.1 Å². The van der Waals surface area contributed by atoms with Crippen LogP contribution >= 0.6 is 0 Å². The molecule has 0 fully saturated rings. The smallest absolute Gasteiger partial charge is 0.0562 e. The lowest BCUT2D eigenvalue weighted by Gasteiger charge is -2.31. The summed E-state index contributed by atoms with van der Waals surface area (Å²) in [6.07, 6.45) is 0. The molecule has 10 aromatic rings. The van der Waals surface area contributed by atoms with Gasteiger partial charge in [-0.3, -0.25) is 0 Å². The SMILES string of the molecule is c1ccc(-c2ccc(-c3ccccc3N(c3ccccc3-c3cccc4ccccc34)c3cccc4c3c3ccccc3n4-c3ccccc3)cc2)cc1. The second-order valence-electron chi connectivity index (χ2n) is 13.7. The van der Waals surface area contributed by atoms with Gasteiger partial charge in [0.2, 0.25) is 0 Å². The molecule has 0 radical (unpaired) electrons. The zero-order valence-electron chi connectivity index (χ0n) is 29.7. The molecule has 1 heterocycles. The molecule has 0 saturated carbocycles. The Balaban J connectivity index is 1.27. The molecule has 0 bridgehead atoms. The average Bonchev–Trinajstić information content (AvgIpc) is 3.60. The summed E-state index contributed by atoms with van der Waals surface area (Å²) in [7, 11) is 0. The van der Waals surface area contributed by atoms with Crippen molar-refractivity contribution >= 4 is 49.6 Å². The maximum Gasteiger partial charge on any atom is 0.0562 e. The summed E-state index contributed by atoms with van der Waals surface area (Å²) >= 11 is 0. The van der Waals surface area contributed by atoms with Crippen molar-refractivity contribution in [1.82, 2.24) is 4.57 Å². The number of anilines is 3. The van der Waals surface area contributed by atoms with Crippen molar-refractivity contribution in [3.05, 3.63) is 218 Å². The van der Waals surface area contributed by atoms with Crippen molar-refractivity contribution in [1.29, 1.82) is 0 Å². The molecule has 54 heavy (non-hydrogen) atoms. The highest BCUT2D eigenvalue weighted by molar-refractivity contribution is 6.17. The molecular formula is C52H36N2. The van der Waals surface area contributed by atoms with Crippen LogP contribution in [0.2, 0.25) is 0 Å². The highest BCUT2D eigenvalue weighted by Gasteiger charge is 2.25. The first-order valence-corrected chi connectivity index (χ1v) is 18.5. The molecule has 0 aliphatic carbocycles. The number of para-hydroxylation sites is 4. The summed E-state index contributed by atoms with van der Waals surface area (Å²) in [5.74, 6) is 0. The van der Waals surface area contributed by atoms with E-state index in [9.17, 15) is 0 Å². The third-order valence-corrected chi connectivity index (χ3v) is 10.6. The Morgan fingerprint density at radius 3 is 1.59 bits per heavy atom. The molecule has 254 valence electrons. The number of aromatic nitrogens is 1. The Hall–Kier alpha value is -7.16. The predicted molar refractivity (Wildman–Crippen MR) is 229 cm³/mol. The van der Waals surface area contributed by atoms with Gasteiger partial charge in [0.05, 0.1) is 28.1 Å². The van der Waals surface area contributed by atoms with E-state index in [0.717, 1.165) is 39.4 Å². The van der Waals surface area contributed by atoms with Gasteiger partial charge in [-0.05, 0) is 75.5 Å². The van der Waals surface area contributed by atoms with Crippen LogP contribution < -0.4 is 4.90 Å². The minimum Gasteiger partial charge on any atom is -0.309 e. The maximum atomic E-state index is 2.50. The van der Waals surface area contributed by atoms with E-state index in [-0.39, 0.29) is 0 Å². The van der Waals surface area contributed by atoms with E-state index >= 15 is 0 Å². The second-order valence-corrected chi connectivity index (χ2v) is 13.7. The van der Waals surface area contributed by atoms with Gasteiger partial charge in [-0.15, -0.1) is 0 Å². The first-order chi connectivity index (χ1) is 26.8. The molecule has 0 N–H and O–H groups in total. The Labute approximate surface area is 315 Å². The molecule has 0 saturated heterocycles. The largest absolute Gasteiger partial charge is 0.309 e. The fraction of sp³-hybridized carbons (Fsp3) is 0. The van der Waals surface area contributed by atoms with Gasteiger partial charge in [0.15, 0.2) is 0 Å². The molecule has 9 aromatic carbocycles. The van der Waals surface area contributed by atoms with Crippen molar-refractivity contribution in [3.63, 3.8) is 0 Å². The van der Waals surface area contributed by atoms with Gasteiger partial charge in [0.1, 0.15) is 0 Å². The lowest BCUT2D eigenvalue weighted by Crippen LogP contribution is -2.13. The molecule has 0 spiro atoms. The van der Waals surface area contributed by atoms with Crippen molar-refractivity contribution in [2.45, 2.75) is 0 Å². The normalized spacial score (nSPS) is 11.3. The number of nitrogens with zero attached hydrogens (tertiary/aromatic N) is 2. The zero-order chi connectivity index (χ0) is 35.8. The molecule has 0 unspecified atom stereocenters. The fourth-order valence-electron chi connectivity index (χ4n) is 8.17. The molecule has 0 atom stereocenters. The Kier molecular flexibility index (Phi) is 7.85. The van der Waals surface area contributed by atoms with Gasteiger partial charge in [0.25, 0.3) is 0 Å². The van der Waals surface area contributed by atoms with Crippen LogP contribution in [0.1, 0.15) is 0 Å². The average molecular weight is 689 g/mol. The molecule has 0 amide bonds. The van der Waals surface area contributed by atoms with E-state index < -0.39 is 0 Å². The quantitative estimate of drug-likeness (QED) is 0.162. The number of rotatable bonds is 7. The zero-order valence-corrected chi connectivity index (χ0v) is 29.7. The van der Waals surface area contributed by atoms with Crippen LogP contribution in [0.5, 0.6) is 0 Å². The number of benzene rings is 9. The molecular weight excluding hydrogens is 653 g/mol. The van der Waals surface area contributed by atoms with Gasteiger partial charge >= 0.3 is 0 Å². The monoisotopic (exact) mass is 688 g/mol. The Morgan fingerprint density at radius 2 is 0.796 bits per heavy atom. The van der Waals surface area contributed by atoms with Crippen LogP contribution in [-0.4, -0.2) is 4.57 Å². The number of hydrogen-bond donors (Lipinski definition) is 0. The molecule has 0 aliphatic heterocycles. The van der Waals surface area contributed by atoms with Crippen LogP contribution in [0.15, 0.2) is 218 Å². The summed E-state index contributed by atoms with van der Waals surface area (Å²) in [5.41, 5.74) is 14.0. The van der Waals surface area contributed by atoms with E-state index in [1.54, 1.807) is 0 Å². The van der Waals surface area contributed by atoms with Gasteiger partial charge in [-0.25, -0.2) is 0 Å². The van der Waals surface area contributed by atoms with Gasteiger partial charge in [-0.2, -0.15) is 0 Å². The van der Waals surface area contributed by atoms with E-state index in [2.05, 4.69) is 228 Å². The van der Waals surface area contributed by atoms with Crippen LogP contribution in [0, 0.1) is 0 Å². The highest BCUT2D eigenvalue weighted by Crippen LogP contribution is 2.49. The minimum absolute atomic E-state index is 1.11. The molecule has 2 nitrogen and oxygen atoms in total. The standard InChI is InChI=1S/C52H36N2/c1-3-17-37(18-4-1)38-33-35-40(36-34-38)43-24-9-12-28-47(43)54(48-29-13-10-25-45(48)44-27-15-20-39-19-7-8-23-42(39)44)51-32-16-31-50-52(51)46-26-11-14-30-49(46)53(50)41-21-5-2-6-22-41/h1-36H. The summed E-state index contributed by atoms with van der Waals surface area (Å²) in [6, 6.07) is 78.9. The van der Waals surface area contributed by atoms with Crippen LogP contribution in [-0.2, 0) is 0 Å². The fourth-order valence-corrected chi connectivity index (χ4v) is 8.17. The molecule has 10 rings (SSSR count). The first kappa shape index (κ1) is 31.6. The predicted octanol–water partition coefficient (Wildman–Crippen LogP) is 14.4. The lowest BCUT2D eigenvalue weighted by atomic mass is 9.94. The van der Waals surface area contributed by atoms with E-state index in [4.69, 9.17) is 0 Å². The maximum absolute atomic E-state index is 2.50. The summed E-state index contributed by atoms with van der Waals surface area (Å²) < 4.78 is 2.40. The van der Waals surface area contributed by atoms with Gasteiger partial charge < -0.3 is 9.47 Å². The number of hydrogen-bond acceptors (Lipinski definition) is 1. The lowest BCUT2D eigenvalue weighted by molar-refractivity contribution is 1.18. The minimum atomic E-state index is 1.11. The van der Waals surface area contributed by atoms with Crippen molar-refractivity contribution in [3.8, 4) is 39.1 Å². The molecule has 0 aliphatic rings. The van der Waals surface area contributed by atoms with Crippen molar-refractivity contribution < 1.29 is 0 Å². The summed E-state index contributed by atoms with van der Waals surface area (Å²) in [6.45, 7) is 0. The van der Waals surface area contributed by atoms with Crippen LogP contribution in [0.3, 0.4) is 0 Å². The van der Waals surface area contributed by atoms with E-state index in [1.807, 2.05) is 0 Å². The van der Waals surface area contributed by atoms with E-state index in [0.29, 0.717) is 0 Å². The third-order valence-electron chi connectivity index (χ3n) is 10.6. The van der Waals surface area contributed by atoms with Crippen molar-refractivity contribution in [2.24, 2.45) is 0 Å². The third kappa shape index (κ3) is 5.36. The van der Waals surface area contributed by atoms with Crippen LogP contribution in [0.25, 0.3) is 71.6 Å². The summed E-state index contributed by atoms with van der Waals surface area (Å²) in [4.78, 5) is 2.50. The molecule has 1 aromatic heterocycles. The summed E-state index contributed by atoms with van der Waals surface area (Å²) in [5, 5.41) is 4.88. The van der Waals surface area contributed by atoms with Crippen molar-refractivity contribution in [2.75, 3.05) is 4.90 Å². The second kappa shape index (κ2) is 13.4. The van der Waals surface area contributed by atoms with Gasteiger partial charge in [0, 0.05) is 27.6 Å². The Morgan fingerprint density at radius 1 is 0.296 bits per heavy atom. The highest BCUT2D eigenvalue weighted by atomic mass is 15.2. The van der Waals surface area contributed by atoms with Gasteiger partial charge in [-0.1, -0.05) is 176 Å². The Bertz CT molecular complexity index is 2920. The molecule has 2 heteroatoms. The van der Waals surface area contributed by atoms with E-state index in [1.165, 1.54) is 49.3 Å².